The lowest BCUT2D eigenvalue weighted by atomic mass is 10.2. The average Bonchev–Trinajstić information content (AvgIpc) is 2.84. The quantitative estimate of drug-likeness (QED) is 0.108. The van der Waals surface area contributed by atoms with Gasteiger partial charge in [-0.2, -0.15) is 9.78 Å². The lowest BCUT2D eigenvalue weighted by Crippen LogP contribution is -2.20. The van der Waals surface area contributed by atoms with Crippen molar-refractivity contribution < 1.29 is 14.5 Å². The Morgan fingerprint density at radius 3 is 2.53 bits per heavy atom. The Morgan fingerprint density at radius 1 is 1.06 bits per heavy atom. The Labute approximate surface area is 193 Å². The zero-order chi connectivity index (χ0) is 24.1. The van der Waals surface area contributed by atoms with Crippen molar-refractivity contribution in [1.29, 1.82) is 0 Å². The number of hydrogen-bond acceptors (Lipinski definition) is 7. The van der Waals surface area contributed by atoms with Crippen molar-refractivity contribution in [3.63, 3.8) is 0 Å². The van der Waals surface area contributed by atoms with Crippen molar-refractivity contribution in [2.24, 2.45) is 5.10 Å². The van der Waals surface area contributed by atoms with Gasteiger partial charge < -0.3 is 4.74 Å². The van der Waals surface area contributed by atoms with Crippen molar-refractivity contribution in [3.8, 4) is 5.75 Å². The van der Waals surface area contributed by atoms with Crippen LogP contribution in [0.25, 0.3) is 17.0 Å². The first-order valence-electron chi connectivity index (χ1n) is 10.2. The third-order valence-electron chi connectivity index (χ3n) is 4.87. The smallest absolute Gasteiger partial charge is 0.336 e. The molecule has 0 aliphatic heterocycles. The normalized spacial score (nSPS) is 11.3. The van der Waals surface area contributed by atoms with E-state index >= 15 is 0 Å². The van der Waals surface area contributed by atoms with Gasteiger partial charge in [0.05, 0.1) is 22.0 Å². The average molecular weight is 454 g/mol. The standard InChI is InChI=1S/C25H18N4O5/c1-17-27-22-8-4-3-7-21(22)25(31)28(17)26-16-19-6-2-5-9-23(19)34-24(30)15-12-18-10-13-20(14-11-18)29(32)33/h2-16H,1H3/b15-12+,26-16?. The van der Waals surface area contributed by atoms with E-state index in [1.54, 1.807) is 49.4 Å². The van der Waals surface area contributed by atoms with Crippen molar-refractivity contribution in [2.45, 2.75) is 6.92 Å². The molecule has 0 fully saturated rings. The zero-order valence-electron chi connectivity index (χ0n) is 18.0. The first-order valence-corrected chi connectivity index (χ1v) is 10.2. The van der Waals surface area contributed by atoms with Crippen LogP contribution in [0, 0.1) is 17.0 Å². The molecule has 4 aromatic rings. The van der Waals surface area contributed by atoms with Crippen LogP contribution in [-0.4, -0.2) is 26.8 Å². The molecular weight excluding hydrogens is 436 g/mol. The Bertz CT molecular complexity index is 1500. The van der Waals surface area contributed by atoms with E-state index in [0.717, 1.165) is 0 Å². The Kier molecular flexibility index (Phi) is 6.35. The lowest BCUT2D eigenvalue weighted by Gasteiger charge is -2.07. The fourth-order valence-corrected chi connectivity index (χ4v) is 3.18. The molecule has 0 spiro atoms. The molecule has 0 unspecified atom stereocenters. The number of aryl methyl sites for hydroxylation is 1. The summed E-state index contributed by atoms with van der Waals surface area (Å²) in [4.78, 5) is 39.7. The first-order chi connectivity index (χ1) is 16.4. The number of nitro groups is 1. The molecule has 0 aliphatic rings. The monoisotopic (exact) mass is 454 g/mol. The van der Waals surface area contributed by atoms with E-state index in [9.17, 15) is 19.7 Å². The second-order valence-electron chi connectivity index (χ2n) is 7.18. The van der Waals surface area contributed by atoms with Crippen molar-refractivity contribution in [3.05, 3.63) is 116 Å². The van der Waals surface area contributed by atoms with E-state index in [2.05, 4.69) is 10.1 Å². The molecular formula is C25H18N4O5. The third kappa shape index (κ3) is 4.94. The number of esters is 1. The summed E-state index contributed by atoms with van der Waals surface area (Å²) < 4.78 is 6.61. The number of nitrogens with zero attached hydrogens (tertiary/aromatic N) is 4. The fraction of sp³-hybridized carbons (Fsp3) is 0.0400. The topological polar surface area (TPSA) is 117 Å². The predicted octanol–water partition coefficient (Wildman–Crippen LogP) is 4.11. The van der Waals surface area contributed by atoms with Crippen LogP contribution in [-0.2, 0) is 4.79 Å². The van der Waals surface area contributed by atoms with E-state index < -0.39 is 10.9 Å². The summed E-state index contributed by atoms with van der Waals surface area (Å²) in [5.74, 6) is 0.0319. The van der Waals surface area contributed by atoms with Gasteiger partial charge in [-0.1, -0.05) is 24.3 Å². The number of carbonyl (C=O) groups is 1. The van der Waals surface area contributed by atoms with Gasteiger partial charge >= 0.3 is 5.97 Å². The summed E-state index contributed by atoms with van der Waals surface area (Å²) in [5.41, 5.74) is 1.34. The highest BCUT2D eigenvalue weighted by molar-refractivity contribution is 5.91. The predicted molar refractivity (Wildman–Crippen MR) is 128 cm³/mol. The van der Waals surface area contributed by atoms with Gasteiger partial charge in [-0.25, -0.2) is 9.78 Å². The zero-order valence-corrected chi connectivity index (χ0v) is 18.0. The summed E-state index contributed by atoms with van der Waals surface area (Å²) in [6.45, 7) is 1.68. The molecule has 9 heteroatoms. The second kappa shape index (κ2) is 9.70. The van der Waals surface area contributed by atoms with Crippen LogP contribution in [0.3, 0.4) is 0 Å². The molecule has 0 bridgehead atoms. The first kappa shape index (κ1) is 22.3. The summed E-state index contributed by atoms with van der Waals surface area (Å²) in [6.07, 6.45) is 4.14. The molecule has 168 valence electrons. The minimum atomic E-state index is -0.639. The van der Waals surface area contributed by atoms with Crippen LogP contribution in [0.4, 0.5) is 5.69 Å². The van der Waals surface area contributed by atoms with Crippen LogP contribution < -0.4 is 10.3 Å². The SMILES string of the molecule is Cc1nc2ccccc2c(=O)n1N=Cc1ccccc1OC(=O)/C=C/c1ccc([N+](=O)[O-])cc1. The molecule has 0 saturated heterocycles. The number of para-hydroxylation sites is 2. The van der Waals surface area contributed by atoms with E-state index in [1.165, 1.54) is 47.3 Å². The van der Waals surface area contributed by atoms with Crippen LogP contribution in [0.2, 0.25) is 0 Å². The van der Waals surface area contributed by atoms with Crippen molar-refractivity contribution in [2.75, 3.05) is 0 Å². The summed E-state index contributed by atoms with van der Waals surface area (Å²) >= 11 is 0. The summed E-state index contributed by atoms with van der Waals surface area (Å²) in [6, 6.07) is 19.5. The Morgan fingerprint density at radius 2 is 1.76 bits per heavy atom. The number of aromatic nitrogens is 2. The van der Waals surface area contributed by atoms with Gasteiger partial charge in [-0.3, -0.25) is 14.9 Å². The maximum absolute atomic E-state index is 12.8. The third-order valence-corrected chi connectivity index (χ3v) is 4.87. The Hall–Kier alpha value is -4.92. The minimum Gasteiger partial charge on any atom is -0.423 e. The number of hydrogen-bond donors (Lipinski definition) is 0. The maximum Gasteiger partial charge on any atom is 0.336 e. The Balaban J connectivity index is 1.54. The molecule has 0 aliphatic carbocycles. The molecule has 0 N–H and O–H groups in total. The van der Waals surface area contributed by atoms with E-state index in [-0.39, 0.29) is 17.0 Å². The molecule has 0 radical (unpaired) electrons. The van der Waals surface area contributed by atoms with Crippen molar-refractivity contribution in [1.82, 2.24) is 9.66 Å². The highest BCUT2D eigenvalue weighted by Gasteiger charge is 2.09. The molecule has 0 atom stereocenters. The summed E-state index contributed by atoms with van der Waals surface area (Å²) in [7, 11) is 0. The maximum atomic E-state index is 12.8. The number of benzene rings is 3. The van der Waals surface area contributed by atoms with Gasteiger partial charge in [-0.05, 0) is 55.0 Å². The van der Waals surface area contributed by atoms with E-state index in [1.807, 2.05) is 6.07 Å². The highest BCUT2D eigenvalue weighted by Crippen LogP contribution is 2.17. The van der Waals surface area contributed by atoms with Gasteiger partial charge in [0.1, 0.15) is 11.6 Å². The number of ether oxygens (including phenoxy) is 1. The van der Waals surface area contributed by atoms with E-state index in [0.29, 0.717) is 27.9 Å². The largest absolute Gasteiger partial charge is 0.423 e. The van der Waals surface area contributed by atoms with Gasteiger partial charge in [-0.15, -0.1) is 0 Å². The lowest BCUT2D eigenvalue weighted by molar-refractivity contribution is -0.384. The fourth-order valence-electron chi connectivity index (χ4n) is 3.18. The number of non-ortho nitro benzene ring substituents is 1. The van der Waals surface area contributed by atoms with Gasteiger partial charge in [0, 0.05) is 23.8 Å². The van der Waals surface area contributed by atoms with Crippen molar-refractivity contribution >= 4 is 34.9 Å². The highest BCUT2D eigenvalue weighted by atomic mass is 16.6. The van der Waals surface area contributed by atoms with Gasteiger partial charge in [0.25, 0.3) is 11.2 Å². The number of nitro benzene ring substituents is 1. The minimum absolute atomic E-state index is 0.0381. The molecule has 0 saturated carbocycles. The molecule has 34 heavy (non-hydrogen) atoms. The summed E-state index contributed by atoms with van der Waals surface area (Å²) in [5, 5.41) is 15.4. The van der Waals surface area contributed by atoms with Gasteiger partial charge in [0.15, 0.2) is 0 Å². The van der Waals surface area contributed by atoms with Gasteiger partial charge in [0.2, 0.25) is 0 Å². The molecule has 3 aromatic carbocycles. The molecule has 0 amide bonds. The van der Waals surface area contributed by atoms with Crippen LogP contribution in [0.5, 0.6) is 5.75 Å². The van der Waals surface area contributed by atoms with Crippen LogP contribution >= 0.6 is 0 Å². The molecule has 4 rings (SSSR count). The van der Waals surface area contributed by atoms with Crippen LogP contribution in [0.1, 0.15) is 17.0 Å². The molecule has 1 aromatic heterocycles. The number of rotatable bonds is 6. The molecule has 9 nitrogen and oxygen atoms in total. The second-order valence-corrected chi connectivity index (χ2v) is 7.18. The number of carbonyl (C=O) groups excluding carboxylic acids is 1. The van der Waals surface area contributed by atoms with Crippen LogP contribution in [0.15, 0.2) is 88.8 Å². The molecule has 1 heterocycles. The number of fused-ring (bicyclic) bond motifs is 1. The van der Waals surface area contributed by atoms with E-state index in [4.69, 9.17) is 4.74 Å².